The number of anilines is 1. The van der Waals surface area contributed by atoms with Crippen molar-refractivity contribution in [2.24, 2.45) is 0 Å². The van der Waals surface area contributed by atoms with Crippen molar-refractivity contribution in [1.29, 1.82) is 0 Å². The number of thioether (sulfide) groups is 1. The number of carbonyl (C=O) groups is 1. The molecule has 3 rings (SSSR count). The Bertz CT molecular complexity index is 963. The van der Waals surface area contributed by atoms with E-state index in [0.717, 1.165) is 26.4 Å². The zero-order chi connectivity index (χ0) is 19.9. The van der Waals surface area contributed by atoms with E-state index in [9.17, 15) is 4.79 Å². The minimum atomic E-state index is -0.160. The molecule has 0 aliphatic rings. The molecule has 0 aliphatic carbocycles. The van der Waals surface area contributed by atoms with Crippen molar-refractivity contribution in [3.63, 3.8) is 0 Å². The lowest BCUT2D eigenvalue weighted by atomic mass is 10.1. The number of ether oxygens (including phenoxy) is 1. The molecule has 3 aromatic carbocycles. The predicted octanol–water partition coefficient (Wildman–Crippen LogP) is 7.05. The van der Waals surface area contributed by atoms with Gasteiger partial charge in [0.05, 0.1) is 12.3 Å². The Morgan fingerprint density at radius 2 is 1.86 bits per heavy atom. The van der Waals surface area contributed by atoms with Crippen LogP contribution in [0.5, 0.6) is 5.75 Å². The van der Waals surface area contributed by atoms with E-state index < -0.39 is 0 Å². The van der Waals surface area contributed by atoms with Gasteiger partial charge in [0.15, 0.2) is 0 Å². The number of hydrogen-bond acceptors (Lipinski definition) is 3. The van der Waals surface area contributed by atoms with Gasteiger partial charge < -0.3 is 10.1 Å². The summed E-state index contributed by atoms with van der Waals surface area (Å²) in [6.45, 7) is 2.52. The molecule has 3 aromatic rings. The molecule has 0 aliphatic heterocycles. The van der Waals surface area contributed by atoms with Gasteiger partial charge in [0.2, 0.25) is 0 Å². The van der Waals surface area contributed by atoms with Crippen molar-refractivity contribution in [2.75, 3.05) is 11.9 Å². The van der Waals surface area contributed by atoms with Gasteiger partial charge in [-0.25, -0.2) is 0 Å². The van der Waals surface area contributed by atoms with Crippen molar-refractivity contribution in [2.45, 2.75) is 17.6 Å². The molecule has 0 saturated heterocycles. The molecule has 144 valence electrons. The van der Waals surface area contributed by atoms with Gasteiger partial charge >= 0.3 is 0 Å². The summed E-state index contributed by atoms with van der Waals surface area (Å²) in [6.07, 6.45) is 0. The van der Waals surface area contributed by atoms with E-state index in [0.29, 0.717) is 22.9 Å². The highest BCUT2D eigenvalue weighted by Gasteiger charge is 2.12. The molecular weight excluding hydrogens is 458 g/mol. The van der Waals surface area contributed by atoms with E-state index in [1.165, 1.54) is 0 Å². The molecule has 0 fully saturated rings. The first-order valence-electron chi connectivity index (χ1n) is 8.77. The van der Waals surface area contributed by atoms with E-state index in [2.05, 4.69) is 21.2 Å². The molecule has 28 heavy (non-hydrogen) atoms. The third-order valence-electron chi connectivity index (χ3n) is 3.95. The fraction of sp³-hybridized carbons (Fsp3) is 0.136. The summed E-state index contributed by atoms with van der Waals surface area (Å²) in [5.41, 5.74) is 2.30. The van der Waals surface area contributed by atoms with Gasteiger partial charge in [0.1, 0.15) is 5.75 Å². The first-order valence-corrected chi connectivity index (χ1v) is 10.9. The number of para-hydroxylation sites is 1. The number of nitrogens with one attached hydrogen (secondary N) is 1. The van der Waals surface area contributed by atoms with Gasteiger partial charge in [0.25, 0.3) is 5.91 Å². The number of hydrogen-bond donors (Lipinski definition) is 1. The predicted molar refractivity (Wildman–Crippen MR) is 121 cm³/mol. The topological polar surface area (TPSA) is 38.3 Å². The minimum Gasteiger partial charge on any atom is -0.494 e. The van der Waals surface area contributed by atoms with Gasteiger partial charge in [-0.1, -0.05) is 23.7 Å². The van der Waals surface area contributed by atoms with Crippen LogP contribution in [0.4, 0.5) is 5.69 Å². The van der Waals surface area contributed by atoms with E-state index in [4.69, 9.17) is 16.3 Å². The lowest BCUT2D eigenvalue weighted by Gasteiger charge is -2.13. The van der Waals surface area contributed by atoms with Crippen LogP contribution in [0.3, 0.4) is 0 Å². The zero-order valence-corrected chi connectivity index (χ0v) is 18.4. The molecule has 0 heterocycles. The Hall–Kier alpha value is -1.95. The van der Waals surface area contributed by atoms with Crippen LogP contribution in [-0.2, 0) is 5.75 Å². The summed E-state index contributed by atoms with van der Waals surface area (Å²) < 4.78 is 6.58. The molecule has 3 nitrogen and oxygen atoms in total. The maximum absolute atomic E-state index is 12.7. The largest absolute Gasteiger partial charge is 0.494 e. The maximum Gasteiger partial charge on any atom is 0.255 e. The van der Waals surface area contributed by atoms with Crippen molar-refractivity contribution in [1.82, 2.24) is 0 Å². The second kappa shape index (κ2) is 10.0. The number of benzene rings is 3. The summed E-state index contributed by atoms with van der Waals surface area (Å²) in [5.74, 6) is 1.32. The van der Waals surface area contributed by atoms with Crippen LogP contribution in [0.1, 0.15) is 22.8 Å². The van der Waals surface area contributed by atoms with Gasteiger partial charge in [-0.05, 0) is 77.5 Å². The summed E-state index contributed by atoms with van der Waals surface area (Å²) in [7, 11) is 0. The molecule has 0 bridgehead atoms. The Balaban J connectivity index is 1.79. The van der Waals surface area contributed by atoms with Crippen molar-refractivity contribution in [3.05, 3.63) is 87.4 Å². The highest BCUT2D eigenvalue weighted by molar-refractivity contribution is 9.10. The van der Waals surface area contributed by atoms with Crippen molar-refractivity contribution in [3.8, 4) is 5.75 Å². The zero-order valence-electron chi connectivity index (χ0n) is 15.2. The number of amides is 1. The molecular formula is C22H19BrClNO2S. The third-order valence-corrected chi connectivity index (χ3v) is 5.96. The quantitative estimate of drug-likeness (QED) is 0.371. The maximum atomic E-state index is 12.7. The second-order valence-corrected chi connectivity index (χ2v) is 8.27. The highest BCUT2D eigenvalue weighted by Crippen LogP contribution is 2.30. The average molecular weight is 477 g/mol. The molecule has 0 aromatic heterocycles. The summed E-state index contributed by atoms with van der Waals surface area (Å²) in [6, 6.07) is 20.8. The number of rotatable bonds is 7. The normalized spacial score (nSPS) is 10.5. The molecule has 0 unspecified atom stereocenters. The van der Waals surface area contributed by atoms with E-state index in [1.807, 2.05) is 67.6 Å². The van der Waals surface area contributed by atoms with Crippen LogP contribution in [0, 0.1) is 0 Å². The Kier molecular flexibility index (Phi) is 7.43. The van der Waals surface area contributed by atoms with Crippen molar-refractivity contribution >= 4 is 50.9 Å². The molecule has 0 atom stereocenters. The lowest BCUT2D eigenvalue weighted by Crippen LogP contribution is -2.13. The summed E-state index contributed by atoms with van der Waals surface area (Å²) in [4.78, 5) is 13.8. The molecule has 0 radical (unpaired) electrons. The monoisotopic (exact) mass is 475 g/mol. The smallest absolute Gasteiger partial charge is 0.255 e. The highest BCUT2D eigenvalue weighted by atomic mass is 79.9. The molecule has 1 N–H and O–H groups in total. The molecule has 0 spiro atoms. The van der Waals surface area contributed by atoms with Crippen LogP contribution in [-0.4, -0.2) is 12.5 Å². The van der Waals surface area contributed by atoms with Gasteiger partial charge in [-0.2, -0.15) is 0 Å². The third kappa shape index (κ3) is 5.53. The van der Waals surface area contributed by atoms with Crippen LogP contribution in [0.15, 0.2) is 76.1 Å². The first-order chi connectivity index (χ1) is 13.6. The number of carbonyl (C=O) groups excluding carboxylic acids is 1. The summed E-state index contributed by atoms with van der Waals surface area (Å²) in [5, 5.41) is 3.65. The standard InChI is InChI=1S/C22H19BrClNO2S/c1-2-27-21-12-7-15(22(26)25-20-6-4-3-5-19(20)23)13-16(21)14-28-18-10-8-17(24)9-11-18/h3-13H,2,14H2,1H3,(H,25,26). The fourth-order valence-corrected chi connectivity index (χ4v) is 3.96. The molecule has 1 amide bonds. The average Bonchev–Trinajstić information content (AvgIpc) is 2.70. The molecule has 0 saturated carbocycles. The first kappa shape index (κ1) is 20.8. The van der Waals surface area contributed by atoms with E-state index in [-0.39, 0.29) is 5.91 Å². The summed E-state index contributed by atoms with van der Waals surface area (Å²) >= 11 is 11.1. The van der Waals surface area contributed by atoms with Gasteiger partial charge in [0, 0.05) is 31.3 Å². The SMILES string of the molecule is CCOc1ccc(C(=O)Nc2ccccc2Br)cc1CSc1ccc(Cl)cc1. The van der Waals surface area contributed by atoms with Gasteiger partial charge in [-0.3, -0.25) is 4.79 Å². The van der Waals surface area contributed by atoms with E-state index >= 15 is 0 Å². The lowest BCUT2D eigenvalue weighted by molar-refractivity contribution is 0.102. The Labute approximate surface area is 182 Å². The molecule has 6 heteroatoms. The fourth-order valence-electron chi connectivity index (χ4n) is 2.58. The van der Waals surface area contributed by atoms with Crippen LogP contribution in [0.2, 0.25) is 5.02 Å². The van der Waals surface area contributed by atoms with Crippen molar-refractivity contribution < 1.29 is 9.53 Å². The minimum absolute atomic E-state index is 0.160. The van der Waals surface area contributed by atoms with Crippen LogP contribution < -0.4 is 10.1 Å². The Morgan fingerprint density at radius 1 is 1.11 bits per heavy atom. The van der Waals surface area contributed by atoms with Gasteiger partial charge in [-0.15, -0.1) is 11.8 Å². The van der Waals surface area contributed by atoms with E-state index in [1.54, 1.807) is 17.8 Å². The van der Waals surface area contributed by atoms with Crippen LogP contribution >= 0.6 is 39.3 Å². The second-order valence-electron chi connectivity index (χ2n) is 5.93. The number of halogens is 2. The Morgan fingerprint density at radius 3 is 2.57 bits per heavy atom. The van der Waals surface area contributed by atoms with Crippen LogP contribution in [0.25, 0.3) is 0 Å².